The highest BCUT2D eigenvalue weighted by Gasteiger charge is 2.15. The van der Waals surface area contributed by atoms with Crippen molar-refractivity contribution in [1.29, 1.82) is 0 Å². The van der Waals surface area contributed by atoms with E-state index in [1.54, 1.807) is 0 Å². The number of anilines is 1. The van der Waals surface area contributed by atoms with Crippen LogP contribution in [0.4, 0.5) is 5.69 Å². The number of carbonyl (C=O) groups is 1. The maximum atomic E-state index is 12.1. The number of aliphatic hydroxyl groups excluding tert-OH is 1. The highest BCUT2D eigenvalue weighted by atomic mass is 16.2. The summed E-state index contributed by atoms with van der Waals surface area (Å²) < 4.78 is 0. The van der Waals surface area contributed by atoms with Gasteiger partial charge in [0.25, 0.3) is 0 Å². The Labute approximate surface area is 116 Å². The van der Waals surface area contributed by atoms with E-state index in [2.05, 4.69) is 19.2 Å². The van der Waals surface area contributed by atoms with E-state index in [0.717, 1.165) is 36.9 Å². The van der Waals surface area contributed by atoms with Gasteiger partial charge in [-0.3, -0.25) is 4.79 Å². The summed E-state index contributed by atoms with van der Waals surface area (Å²) in [6, 6.07) is 7.68. The molecule has 0 aliphatic heterocycles. The quantitative estimate of drug-likeness (QED) is 0.755. The van der Waals surface area contributed by atoms with Gasteiger partial charge in [0.15, 0.2) is 0 Å². The predicted octanol–water partition coefficient (Wildman–Crippen LogP) is 3.38. The molecule has 0 saturated carbocycles. The summed E-state index contributed by atoms with van der Waals surface area (Å²) in [5.41, 5.74) is 1.92. The van der Waals surface area contributed by atoms with E-state index >= 15 is 0 Å². The predicted molar refractivity (Wildman–Crippen MR) is 79.2 cm³/mol. The van der Waals surface area contributed by atoms with E-state index in [-0.39, 0.29) is 18.4 Å². The van der Waals surface area contributed by atoms with E-state index in [1.165, 1.54) is 0 Å². The minimum atomic E-state index is 0.108. The summed E-state index contributed by atoms with van der Waals surface area (Å²) in [5, 5.41) is 11.8. The fourth-order valence-corrected chi connectivity index (χ4v) is 2.10. The SMILES string of the molecule is CCCCC(CC)C(=O)Nc1ccc(CCO)cc1. The molecule has 1 unspecified atom stereocenters. The minimum Gasteiger partial charge on any atom is -0.396 e. The molecule has 2 N–H and O–H groups in total. The molecule has 0 saturated heterocycles. The van der Waals surface area contributed by atoms with Gasteiger partial charge in [-0.25, -0.2) is 0 Å². The van der Waals surface area contributed by atoms with Gasteiger partial charge < -0.3 is 10.4 Å². The van der Waals surface area contributed by atoms with Crippen molar-refractivity contribution in [2.45, 2.75) is 46.0 Å². The Kier molecular flexibility index (Phi) is 7.19. The number of aliphatic hydroxyl groups is 1. The van der Waals surface area contributed by atoms with Crippen molar-refractivity contribution in [2.75, 3.05) is 11.9 Å². The first-order valence-corrected chi connectivity index (χ1v) is 7.21. The third-order valence-corrected chi connectivity index (χ3v) is 3.39. The Balaban J connectivity index is 2.54. The van der Waals surface area contributed by atoms with Crippen molar-refractivity contribution >= 4 is 11.6 Å². The minimum absolute atomic E-state index is 0.108. The summed E-state index contributed by atoms with van der Waals surface area (Å²) >= 11 is 0. The molecule has 106 valence electrons. The first-order valence-electron chi connectivity index (χ1n) is 7.21. The molecule has 0 spiro atoms. The Morgan fingerprint density at radius 3 is 2.47 bits per heavy atom. The maximum Gasteiger partial charge on any atom is 0.227 e. The van der Waals surface area contributed by atoms with Gasteiger partial charge in [0, 0.05) is 18.2 Å². The smallest absolute Gasteiger partial charge is 0.227 e. The molecule has 3 heteroatoms. The molecule has 0 aromatic heterocycles. The molecular weight excluding hydrogens is 238 g/mol. The molecule has 19 heavy (non-hydrogen) atoms. The second-order valence-electron chi connectivity index (χ2n) is 4.91. The summed E-state index contributed by atoms with van der Waals surface area (Å²) in [6.45, 7) is 4.36. The van der Waals surface area contributed by atoms with Crippen LogP contribution in [0.15, 0.2) is 24.3 Å². The van der Waals surface area contributed by atoms with Gasteiger partial charge >= 0.3 is 0 Å². The second-order valence-corrected chi connectivity index (χ2v) is 4.91. The van der Waals surface area contributed by atoms with Gasteiger partial charge in [-0.05, 0) is 37.0 Å². The molecule has 1 rings (SSSR count). The van der Waals surface area contributed by atoms with Crippen LogP contribution < -0.4 is 5.32 Å². The molecular formula is C16H25NO2. The zero-order chi connectivity index (χ0) is 14.1. The monoisotopic (exact) mass is 263 g/mol. The van der Waals surface area contributed by atoms with Crippen LogP contribution in [-0.2, 0) is 11.2 Å². The fraction of sp³-hybridized carbons (Fsp3) is 0.562. The number of nitrogens with one attached hydrogen (secondary N) is 1. The summed E-state index contributed by atoms with van der Waals surface area (Å²) in [7, 11) is 0. The lowest BCUT2D eigenvalue weighted by Gasteiger charge is -2.14. The number of unbranched alkanes of at least 4 members (excludes halogenated alkanes) is 1. The molecule has 0 radical (unpaired) electrons. The van der Waals surface area contributed by atoms with E-state index < -0.39 is 0 Å². The van der Waals surface area contributed by atoms with E-state index in [4.69, 9.17) is 5.11 Å². The molecule has 0 aliphatic rings. The van der Waals surface area contributed by atoms with Gasteiger partial charge in [0.05, 0.1) is 0 Å². The van der Waals surface area contributed by atoms with Crippen LogP contribution in [0.1, 0.15) is 45.1 Å². The largest absolute Gasteiger partial charge is 0.396 e. The van der Waals surface area contributed by atoms with Gasteiger partial charge in [0.2, 0.25) is 5.91 Å². The lowest BCUT2D eigenvalue weighted by molar-refractivity contribution is -0.120. The van der Waals surface area contributed by atoms with E-state index in [9.17, 15) is 4.79 Å². The lowest BCUT2D eigenvalue weighted by Crippen LogP contribution is -2.22. The second kappa shape index (κ2) is 8.70. The van der Waals surface area contributed by atoms with Gasteiger partial charge in [-0.15, -0.1) is 0 Å². The Morgan fingerprint density at radius 2 is 1.95 bits per heavy atom. The van der Waals surface area contributed by atoms with Crippen molar-refractivity contribution < 1.29 is 9.90 Å². The molecule has 0 bridgehead atoms. The molecule has 1 amide bonds. The summed E-state index contributed by atoms with van der Waals surface area (Å²) in [6.07, 6.45) is 4.72. The summed E-state index contributed by atoms with van der Waals surface area (Å²) in [5.74, 6) is 0.225. The topological polar surface area (TPSA) is 49.3 Å². The van der Waals surface area contributed by atoms with Crippen molar-refractivity contribution in [3.8, 4) is 0 Å². The molecule has 1 aromatic carbocycles. The van der Waals surface area contributed by atoms with Crippen molar-refractivity contribution in [3.05, 3.63) is 29.8 Å². The third-order valence-electron chi connectivity index (χ3n) is 3.39. The molecule has 0 heterocycles. The number of benzene rings is 1. The number of hydrogen-bond donors (Lipinski definition) is 2. The zero-order valence-electron chi connectivity index (χ0n) is 12.0. The Bertz CT molecular complexity index is 373. The number of amides is 1. The molecule has 0 aliphatic carbocycles. The van der Waals surface area contributed by atoms with Crippen LogP contribution in [0.25, 0.3) is 0 Å². The molecule has 3 nitrogen and oxygen atoms in total. The van der Waals surface area contributed by atoms with Crippen LogP contribution in [0.3, 0.4) is 0 Å². The maximum absolute atomic E-state index is 12.1. The lowest BCUT2D eigenvalue weighted by atomic mass is 9.98. The van der Waals surface area contributed by atoms with Crippen LogP contribution >= 0.6 is 0 Å². The van der Waals surface area contributed by atoms with Crippen molar-refractivity contribution in [2.24, 2.45) is 5.92 Å². The van der Waals surface area contributed by atoms with Crippen molar-refractivity contribution in [3.63, 3.8) is 0 Å². The van der Waals surface area contributed by atoms with Crippen LogP contribution in [0, 0.1) is 5.92 Å². The first kappa shape index (κ1) is 15.7. The van der Waals surface area contributed by atoms with Gasteiger partial charge in [-0.1, -0.05) is 38.8 Å². The van der Waals surface area contributed by atoms with E-state index in [0.29, 0.717) is 6.42 Å². The Hall–Kier alpha value is -1.35. The molecule has 1 aromatic rings. The molecule has 1 atom stereocenters. The number of carbonyl (C=O) groups excluding carboxylic acids is 1. The van der Waals surface area contributed by atoms with Crippen LogP contribution in [0.5, 0.6) is 0 Å². The standard InChI is InChI=1S/C16H25NO2/c1-3-5-6-14(4-2)16(19)17-15-9-7-13(8-10-15)11-12-18/h7-10,14,18H,3-6,11-12H2,1-2H3,(H,17,19). The van der Waals surface area contributed by atoms with Gasteiger partial charge in [-0.2, -0.15) is 0 Å². The van der Waals surface area contributed by atoms with Crippen molar-refractivity contribution in [1.82, 2.24) is 0 Å². The highest BCUT2D eigenvalue weighted by Crippen LogP contribution is 2.16. The molecule has 0 fully saturated rings. The highest BCUT2D eigenvalue weighted by molar-refractivity contribution is 5.92. The fourth-order valence-electron chi connectivity index (χ4n) is 2.10. The van der Waals surface area contributed by atoms with Gasteiger partial charge in [0.1, 0.15) is 0 Å². The number of rotatable bonds is 8. The Morgan fingerprint density at radius 1 is 1.26 bits per heavy atom. The van der Waals surface area contributed by atoms with Crippen LogP contribution in [0.2, 0.25) is 0 Å². The third kappa shape index (κ3) is 5.43. The average Bonchev–Trinajstić information content (AvgIpc) is 2.42. The summed E-state index contributed by atoms with van der Waals surface area (Å²) in [4.78, 5) is 12.1. The number of hydrogen-bond acceptors (Lipinski definition) is 2. The average molecular weight is 263 g/mol. The first-order chi connectivity index (χ1) is 9.21. The van der Waals surface area contributed by atoms with Crippen LogP contribution in [-0.4, -0.2) is 17.6 Å². The van der Waals surface area contributed by atoms with E-state index in [1.807, 2.05) is 24.3 Å². The normalized spacial score (nSPS) is 12.2. The zero-order valence-corrected chi connectivity index (χ0v) is 12.0.